The van der Waals surface area contributed by atoms with Crippen molar-refractivity contribution in [2.24, 2.45) is 0 Å². The van der Waals surface area contributed by atoms with Crippen molar-refractivity contribution in [2.75, 3.05) is 5.73 Å². The number of nitrogen functional groups attached to an aromatic ring is 1. The fraction of sp³-hybridized carbons (Fsp3) is 0.500. The average molecular weight is 190 g/mol. The minimum absolute atomic E-state index is 0.464. The number of hydrogen-bond acceptors (Lipinski definition) is 2. The van der Waals surface area contributed by atoms with E-state index in [1.165, 1.54) is 17.5 Å². The van der Waals surface area contributed by atoms with Gasteiger partial charge in [0.1, 0.15) is 0 Å². The molecular weight excluding hydrogens is 172 g/mol. The minimum atomic E-state index is 0.464. The molecule has 2 rings (SSSR count). The van der Waals surface area contributed by atoms with E-state index in [-0.39, 0.29) is 0 Å². The van der Waals surface area contributed by atoms with Crippen LogP contribution in [0, 0.1) is 0 Å². The number of anilines is 1. The van der Waals surface area contributed by atoms with Crippen molar-refractivity contribution in [1.29, 1.82) is 0 Å². The summed E-state index contributed by atoms with van der Waals surface area (Å²) in [5, 5.41) is 3.56. The third-order valence-corrected chi connectivity index (χ3v) is 2.82. The second-order valence-corrected chi connectivity index (χ2v) is 4.33. The summed E-state index contributed by atoms with van der Waals surface area (Å²) in [5.74, 6) is 0. The highest BCUT2D eigenvalue weighted by molar-refractivity contribution is 5.54. The molecular formula is C12H18N2. The standard InChI is InChI=1S/C12H18N2/c1-8(2)14-11-7-6-9-4-3-5-10(13)12(9)11/h3-5,8,11,14H,6-7,13H2,1-2H3. The first-order valence-electron chi connectivity index (χ1n) is 5.32. The number of nitrogens with two attached hydrogens (primary N) is 1. The van der Waals surface area contributed by atoms with Crippen LogP contribution in [0.3, 0.4) is 0 Å². The minimum Gasteiger partial charge on any atom is -0.398 e. The van der Waals surface area contributed by atoms with E-state index in [0.717, 1.165) is 12.1 Å². The van der Waals surface area contributed by atoms with Crippen molar-refractivity contribution < 1.29 is 0 Å². The fourth-order valence-corrected chi connectivity index (χ4v) is 2.29. The molecule has 0 aromatic heterocycles. The van der Waals surface area contributed by atoms with Gasteiger partial charge in [0.15, 0.2) is 0 Å². The third kappa shape index (κ3) is 1.62. The zero-order chi connectivity index (χ0) is 10.1. The summed E-state index contributed by atoms with van der Waals surface area (Å²) in [6.07, 6.45) is 2.34. The Labute approximate surface area is 85.5 Å². The van der Waals surface area contributed by atoms with Crippen molar-refractivity contribution in [1.82, 2.24) is 5.32 Å². The summed E-state index contributed by atoms with van der Waals surface area (Å²) in [6.45, 7) is 4.36. The van der Waals surface area contributed by atoms with Crippen molar-refractivity contribution >= 4 is 5.69 Å². The van der Waals surface area contributed by atoms with Crippen LogP contribution in [0.25, 0.3) is 0 Å². The largest absolute Gasteiger partial charge is 0.398 e. The Morgan fingerprint density at radius 1 is 1.43 bits per heavy atom. The van der Waals surface area contributed by atoms with Gasteiger partial charge in [-0.1, -0.05) is 26.0 Å². The number of nitrogens with one attached hydrogen (secondary N) is 1. The van der Waals surface area contributed by atoms with Crippen molar-refractivity contribution in [2.45, 2.75) is 38.8 Å². The van der Waals surface area contributed by atoms with E-state index in [4.69, 9.17) is 5.73 Å². The van der Waals surface area contributed by atoms with Crippen LogP contribution in [0.5, 0.6) is 0 Å². The van der Waals surface area contributed by atoms with E-state index in [1.54, 1.807) is 0 Å². The fourth-order valence-electron chi connectivity index (χ4n) is 2.29. The molecule has 1 atom stereocenters. The van der Waals surface area contributed by atoms with Gasteiger partial charge in [0.05, 0.1) is 0 Å². The van der Waals surface area contributed by atoms with Crippen LogP contribution in [-0.4, -0.2) is 6.04 Å². The molecule has 0 fully saturated rings. The van der Waals surface area contributed by atoms with Crippen LogP contribution in [-0.2, 0) is 6.42 Å². The summed E-state index contributed by atoms with van der Waals surface area (Å²) in [4.78, 5) is 0. The lowest BCUT2D eigenvalue weighted by atomic mass is 10.1. The maximum absolute atomic E-state index is 6.00. The second kappa shape index (κ2) is 3.62. The van der Waals surface area contributed by atoms with E-state index in [9.17, 15) is 0 Å². The Morgan fingerprint density at radius 3 is 2.93 bits per heavy atom. The molecule has 14 heavy (non-hydrogen) atoms. The highest BCUT2D eigenvalue weighted by Gasteiger charge is 2.24. The molecule has 0 aliphatic heterocycles. The molecule has 0 radical (unpaired) electrons. The quantitative estimate of drug-likeness (QED) is 0.702. The van der Waals surface area contributed by atoms with Gasteiger partial charge in [0, 0.05) is 17.8 Å². The average Bonchev–Trinajstić information content (AvgIpc) is 2.49. The highest BCUT2D eigenvalue weighted by atomic mass is 14.9. The molecule has 1 aromatic rings. The Balaban J connectivity index is 2.29. The molecule has 0 bridgehead atoms. The van der Waals surface area contributed by atoms with Crippen LogP contribution in [0.1, 0.15) is 37.4 Å². The van der Waals surface area contributed by atoms with Gasteiger partial charge in [-0.25, -0.2) is 0 Å². The predicted octanol–water partition coefficient (Wildman–Crippen LogP) is 2.25. The van der Waals surface area contributed by atoms with E-state index >= 15 is 0 Å². The summed E-state index contributed by atoms with van der Waals surface area (Å²) in [7, 11) is 0. The number of fused-ring (bicyclic) bond motifs is 1. The Hall–Kier alpha value is -1.02. The number of hydrogen-bond donors (Lipinski definition) is 2. The third-order valence-electron chi connectivity index (χ3n) is 2.82. The molecule has 0 saturated heterocycles. The maximum Gasteiger partial charge on any atom is 0.0365 e. The Bertz CT molecular complexity index is 331. The molecule has 0 spiro atoms. The molecule has 0 amide bonds. The molecule has 2 nitrogen and oxygen atoms in total. The van der Waals surface area contributed by atoms with Gasteiger partial charge in [-0.2, -0.15) is 0 Å². The van der Waals surface area contributed by atoms with Crippen LogP contribution >= 0.6 is 0 Å². The molecule has 1 unspecified atom stereocenters. The van der Waals surface area contributed by atoms with Gasteiger partial charge < -0.3 is 11.1 Å². The normalized spacial score (nSPS) is 20.1. The van der Waals surface area contributed by atoms with E-state index < -0.39 is 0 Å². The molecule has 2 heteroatoms. The first-order valence-corrected chi connectivity index (χ1v) is 5.32. The Kier molecular flexibility index (Phi) is 2.46. The summed E-state index contributed by atoms with van der Waals surface area (Å²) >= 11 is 0. The Morgan fingerprint density at radius 2 is 2.21 bits per heavy atom. The lowest BCUT2D eigenvalue weighted by Crippen LogP contribution is -2.27. The van der Waals surface area contributed by atoms with Crippen molar-refractivity contribution in [3.63, 3.8) is 0 Å². The zero-order valence-corrected chi connectivity index (χ0v) is 8.88. The summed E-state index contributed by atoms with van der Waals surface area (Å²) in [5.41, 5.74) is 9.69. The van der Waals surface area contributed by atoms with E-state index in [0.29, 0.717) is 12.1 Å². The molecule has 1 aliphatic rings. The lowest BCUT2D eigenvalue weighted by Gasteiger charge is -2.18. The van der Waals surface area contributed by atoms with Crippen molar-refractivity contribution in [3.8, 4) is 0 Å². The predicted molar refractivity (Wildman–Crippen MR) is 60.2 cm³/mol. The van der Waals surface area contributed by atoms with Crippen LogP contribution in [0.15, 0.2) is 18.2 Å². The molecule has 0 saturated carbocycles. The molecule has 3 N–H and O–H groups in total. The van der Waals surface area contributed by atoms with Gasteiger partial charge in [0.2, 0.25) is 0 Å². The number of rotatable bonds is 2. The zero-order valence-electron chi connectivity index (χ0n) is 8.88. The topological polar surface area (TPSA) is 38.0 Å². The van der Waals surface area contributed by atoms with Gasteiger partial charge in [-0.15, -0.1) is 0 Å². The first-order chi connectivity index (χ1) is 6.68. The maximum atomic E-state index is 6.00. The van der Waals surface area contributed by atoms with Crippen LogP contribution in [0.4, 0.5) is 5.69 Å². The van der Waals surface area contributed by atoms with Gasteiger partial charge in [-0.05, 0) is 30.0 Å². The van der Waals surface area contributed by atoms with Crippen LogP contribution < -0.4 is 11.1 Å². The molecule has 1 aromatic carbocycles. The van der Waals surface area contributed by atoms with Crippen LogP contribution in [0.2, 0.25) is 0 Å². The monoisotopic (exact) mass is 190 g/mol. The van der Waals surface area contributed by atoms with E-state index in [2.05, 4.69) is 25.2 Å². The second-order valence-electron chi connectivity index (χ2n) is 4.33. The highest BCUT2D eigenvalue weighted by Crippen LogP contribution is 2.35. The van der Waals surface area contributed by atoms with Gasteiger partial charge in [0.25, 0.3) is 0 Å². The molecule has 0 heterocycles. The molecule has 76 valence electrons. The van der Waals surface area contributed by atoms with Gasteiger partial charge in [-0.3, -0.25) is 0 Å². The molecule has 1 aliphatic carbocycles. The smallest absolute Gasteiger partial charge is 0.0365 e. The summed E-state index contributed by atoms with van der Waals surface area (Å²) < 4.78 is 0. The summed E-state index contributed by atoms with van der Waals surface area (Å²) in [6, 6.07) is 7.22. The lowest BCUT2D eigenvalue weighted by molar-refractivity contribution is 0.476. The number of benzene rings is 1. The SMILES string of the molecule is CC(C)NC1CCc2cccc(N)c21. The first kappa shape index (κ1) is 9.53. The van der Waals surface area contributed by atoms with Crippen molar-refractivity contribution in [3.05, 3.63) is 29.3 Å². The van der Waals surface area contributed by atoms with Gasteiger partial charge >= 0.3 is 0 Å². The number of aryl methyl sites for hydroxylation is 1. The van der Waals surface area contributed by atoms with E-state index in [1.807, 2.05) is 12.1 Å².